The molecule has 0 bridgehead atoms. The Kier molecular flexibility index (Phi) is 7.37. The Morgan fingerprint density at radius 2 is 2.14 bits per heavy atom. The van der Waals surface area contributed by atoms with Gasteiger partial charge in [-0.3, -0.25) is 0 Å². The van der Waals surface area contributed by atoms with Crippen molar-refractivity contribution in [1.82, 2.24) is 0 Å². The summed E-state index contributed by atoms with van der Waals surface area (Å²) >= 11 is 4.00. The van der Waals surface area contributed by atoms with Gasteiger partial charge < -0.3 is 15.2 Å². The number of rotatable bonds is 7. The van der Waals surface area contributed by atoms with Gasteiger partial charge in [-0.05, 0) is 24.6 Å². The van der Waals surface area contributed by atoms with Crippen molar-refractivity contribution in [3.8, 4) is 5.75 Å². The number of alkyl halides is 3. The van der Waals surface area contributed by atoms with Crippen molar-refractivity contribution in [3.63, 3.8) is 0 Å². The Bertz CT molecular complexity index is 495. The van der Waals surface area contributed by atoms with Gasteiger partial charge in [0, 0.05) is 5.75 Å². The second-order valence-corrected chi connectivity index (χ2v) is 4.88. The van der Waals surface area contributed by atoms with E-state index in [1.807, 2.05) is 6.92 Å². The van der Waals surface area contributed by atoms with Crippen molar-refractivity contribution in [2.45, 2.75) is 25.6 Å². The molecule has 1 aromatic carbocycles. The Morgan fingerprint density at radius 3 is 2.73 bits per heavy atom. The first-order valence-electron chi connectivity index (χ1n) is 6.74. The molecule has 0 aliphatic heterocycles. The molecule has 8 heteroatoms. The monoisotopic (exact) mass is 336 g/mol. The summed E-state index contributed by atoms with van der Waals surface area (Å²) < 4.78 is 48.5. The van der Waals surface area contributed by atoms with Crippen LogP contribution in [0.25, 0.3) is 0 Å². The van der Waals surface area contributed by atoms with E-state index in [1.54, 1.807) is 0 Å². The van der Waals surface area contributed by atoms with Crippen LogP contribution in [0.15, 0.2) is 29.3 Å². The molecule has 0 amide bonds. The normalized spacial score (nSPS) is 13.8. The first kappa shape index (κ1) is 18.5. The lowest BCUT2D eigenvalue weighted by atomic mass is 10.2. The maximum absolute atomic E-state index is 12.6. The molecule has 2 N–H and O–H groups in total. The predicted octanol–water partition coefficient (Wildman–Crippen LogP) is 3.12. The number of thiol groups is 1. The summed E-state index contributed by atoms with van der Waals surface area (Å²) in [5.74, 6) is 0.671. The number of aliphatic imine (C=N–C) groups is 1. The highest BCUT2D eigenvalue weighted by molar-refractivity contribution is 7.80. The predicted molar refractivity (Wildman–Crippen MR) is 82.4 cm³/mol. The second kappa shape index (κ2) is 8.77. The zero-order valence-electron chi connectivity index (χ0n) is 12.1. The van der Waals surface area contributed by atoms with Crippen LogP contribution < -0.4 is 10.5 Å². The fourth-order valence-corrected chi connectivity index (χ4v) is 1.65. The maximum Gasteiger partial charge on any atom is 0.416 e. The molecule has 0 heterocycles. The summed E-state index contributed by atoms with van der Waals surface area (Å²) in [6.07, 6.45) is -4.21. The van der Waals surface area contributed by atoms with E-state index < -0.39 is 17.8 Å². The van der Waals surface area contributed by atoms with E-state index in [-0.39, 0.29) is 18.4 Å². The Morgan fingerprint density at radius 1 is 1.41 bits per heavy atom. The van der Waals surface area contributed by atoms with Gasteiger partial charge in [-0.15, -0.1) is 0 Å². The van der Waals surface area contributed by atoms with Crippen LogP contribution in [0.3, 0.4) is 0 Å². The van der Waals surface area contributed by atoms with Gasteiger partial charge in [0.05, 0.1) is 12.1 Å². The molecule has 0 aromatic heterocycles. The molecule has 124 valence electrons. The SMILES string of the molecule is CCC(COc1cccc(C(F)(F)F)c1)OC(N)=NCCS. The summed E-state index contributed by atoms with van der Waals surface area (Å²) in [6, 6.07) is 4.71. The molecular formula is C14H19F3N2O2S. The number of benzene rings is 1. The second-order valence-electron chi connectivity index (χ2n) is 4.43. The molecule has 4 nitrogen and oxygen atoms in total. The average molecular weight is 336 g/mol. The minimum absolute atomic E-state index is 0.0218. The van der Waals surface area contributed by atoms with Crippen LogP contribution in [0.4, 0.5) is 13.2 Å². The van der Waals surface area contributed by atoms with E-state index in [4.69, 9.17) is 15.2 Å². The van der Waals surface area contributed by atoms with E-state index in [2.05, 4.69) is 17.6 Å². The standard InChI is InChI=1S/C14H19F3N2O2S/c1-2-11(21-13(18)19-6-7-22)9-20-12-5-3-4-10(8-12)14(15,16)17/h3-5,8,11,22H,2,6-7,9H2,1H3,(H2,18,19). The van der Waals surface area contributed by atoms with Crippen molar-refractivity contribution in [3.05, 3.63) is 29.8 Å². The van der Waals surface area contributed by atoms with Crippen LogP contribution in [0.2, 0.25) is 0 Å². The lowest BCUT2D eigenvalue weighted by molar-refractivity contribution is -0.137. The highest BCUT2D eigenvalue weighted by Gasteiger charge is 2.30. The van der Waals surface area contributed by atoms with E-state index >= 15 is 0 Å². The van der Waals surface area contributed by atoms with E-state index in [1.165, 1.54) is 12.1 Å². The van der Waals surface area contributed by atoms with Gasteiger partial charge in [-0.25, -0.2) is 4.99 Å². The van der Waals surface area contributed by atoms with Crippen LogP contribution in [-0.2, 0) is 10.9 Å². The number of amidine groups is 1. The van der Waals surface area contributed by atoms with E-state index in [0.29, 0.717) is 18.7 Å². The zero-order valence-corrected chi connectivity index (χ0v) is 13.0. The lowest BCUT2D eigenvalue weighted by Gasteiger charge is -2.18. The molecule has 0 fully saturated rings. The molecule has 0 aliphatic carbocycles. The minimum Gasteiger partial charge on any atom is -0.490 e. The molecule has 0 spiro atoms. The average Bonchev–Trinajstić information content (AvgIpc) is 2.48. The molecule has 0 saturated carbocycles. The zero-order chi connectivity index (χ0) is 16.6. The smallest absolute Gasteiger partial charge is 0.416 e. The van der Waals surface area contributed by atoms with Gasteiger partial charge in [-0.2, -0.15) is 25.8 Å². The fraction of sp³-hybridized carbons (Fsp3) is 0.500. The lowest BCUT2D eigenvalue weighted by Crippen LogP contribution is -2.29. The fourth-order valence-electron chi connectivity index (χ4n) is 1.55. The minimum atomic E-state index is -4.40. The molecular weight excluding hydrogens is 317 g/mol. The molecule has 1 atom stereocenters. The van der Waals surface area contributed by atoms with Gasteiger partial charge in [-0.1, -0.05) is 13.0 Å². The largest absolute Gasteiger partial charge is 0.490 e. The quantitative estimate of drug-likeness (QED) is 0.457. The third-order valence-electron chi connectivity index (χ3n) is 2.71. The molecule has 0 saturated heterocycles. The van der Waals surface area contributed by atoms with Gasteiger partial charge in [0.25, 0.3) is 6.02 Å². The molecule has 1 aromatic rings. The van der Waals surface area contributed by atoms with Crippen LogP contribution in [0.1, 0.15) is 18.9 Å². The Balaban J connectivity index is 2.60. The molecule has 22 heavy (non-hydrogen) atoms. The van der Waals surface area contributed by atoms with Crippen molar-refractivity contribution >= 4 is 18.7 Å². The number of ether oxygens (including phenoxy) is 2. The summed E-state index contributed by atoms with van der Waals surface area (Å²) in [5, 5.41) is 0. The number of hydrogen-bond acceptors (Lipinski definition) is 4. The molecule has 0 radical (unpaired) electrons. The summed E-state index contributed by atoms with van der Waals surface area (Å²) in [6.45, 7) is 2.36. The number of halogens is 3. The maximum atomic E-state index is 12.6. The van der Waals surface area contributed by atoms with E-state index in [9.17, 15) is 13.2 Å². The van der Waals surface area contributed by atoms with Crippen LogP contribution in [0.5, 0.6) is 5.75 Å². The number of nitrogens with zero attached hydrogens (tertiary/aromatic N) is 1. The molecule has 0 aliphatic rings. The van der Waals surface area contributed by atoms with Gasteiger partial charge in [0.2, 0.25) is 0 Å². The van der Waals surface area contributed by atoms with Crippen LogP contribution in [0, 0.1) is 0 Å². The molecule has 1 rings (SSSR count). The first-order valence-corrected chi connectivity index (χ1v) is 7.37. The first-order chi connectivity index (χ1) is 10.4. The summed E-state index contributed by atoms with van der Waals surface area (Å²) in [4.78, 5) is 3.92. The topological polar surface area (TPSA) is 56.8 Å². The van der Waals surface area contributed by atoms with Gasteiger partial charge in [0.15, 0.2) is 0 Å². The van der Waals surface area contributed by atoms with Crippen molar-refractivity contribution in [2.24, 2.45) is 10.7 Å². The van der Waals surface area contributed by atoms with Crippen molar-refractivity contribution < 1.29 is 22.6 Å². The Hall–Kier alpha value is -1.57. The molecule has 1 unspecified atom stereocenters. The third kappa shape index (κ3) is 6.46. The highest BCUT2D eigenvalue weighted by atomic mass is 32.1. The van der Waals surface area contributed by atoms with Crippen LogP contribution in [-0.4, -0.2) is 31.0 Å². The number of nitrogens with two attached hydrogens (primary N) is 1. The van der Waals surface area contributed by atoms with E-state index in [0.717, 1.165) is 12.1 Å². The highest BCUT2D eigenvalue weighted by Crippen LogP contribution is 2.31. The van der Waals surface area contributed by atoms with Crippen molar-refractivity contribution in [1.29, 1.82) is 0 Å². The van der Waals surface area contributed by atoms with Crippen LogP contribution >= 0.6 is 12.6 Å². The van der Waals surface area contributed by atoms with Gasteiger partial charge in [0.1, 0.15) is 18.5 Å². The van der Waals surface area contributed by atoms with Gasteiger partial charge >= 0.3 is 6.18 Å². The van der Waals surface area contributed by atoms with Crippen molar-refractivity contribution in [2.75, 3.05) is 18.9 Å². The number of hydrogen-bond donors (Lipinski definition) is 2. The summed E-state index contributed by atoms with van der Waals surface area (Å²) in [5.41, 5.74) is 4.82. The summed E-state index contributed by atoms with van der Waals surface area (Å²) in [7, 11) is 0. The Labute approximate surface area is 132 Å². The third-order valence-corrected chi connectivity index (χ3v) is 2.91.